The number of amides is 2. The van der Waals surface area contributed by atoms with Gasteiger partial charge in [-0.25, -0.2) is 4.79 Å². The molecule has 120 valence electrons. The highest BCUT2D eigenvalue weighted by molar-refractivity contribution is 5.80. The van der Waals surface area contributed by atoms with Gasteiger partial charge >= 0.3 is 12.0 Å². The summed E-state index contributed by atoms with van der Waals surface area (Å²) < 4.78 is 5.10. The van der Waals surface area contributed by atoms with Crippen LogP contribution in [-0.2, 0) is 9.53 Å². The van der Waals surface area contributed by atoms with E-state index in [0.717, 1.165) is 25.7 Å². The minimum Gasteiger partial charge on any atom is -0.480 e. The average Bonchev–Trinajstić information content (AvgIpc) is 3.29. The Hall–Kier alpha value is -1.30. The maximum atomic E-state index is 12.8. The van der Waals surface area contributed by atoms with Crippen molar-refractivity contribution in [3.05, 3.63) is 0 Å². The number of nitrogens with zero attached hydrogens (tertiary/aromatic N) is 2. The van der Waals surface area contributed by atoms with Crippen LogP contribution in [0.3, 0.4) is 0 Å². The first kappa shape index (κ1) is 16.1. The van der Waals surface area contributed by atoms with Gasteiger partial charge in [-0.3, -0.25) is 4.79 Å². The molecule has 0 radical (unpaired) electrons. The average molecular weight is 298 g/mol. The van der Waals surface area contributed by atoms with E-state index in [4.69, 9.17) is 9.84 Å². The van der Waals surface area contributed by atoms with E-state index in [0.29, 0.717) is 31.5 Å². The van der Waals surface area contributed by atoms with E-state index < -0.39 is 5.97 Å². The van der Waals surface area contributed by atoms with Gasteiger partial charge in [0.1, 0.15) is 6.54 Å². The Balaban J connectivity index is 2.01. The van der Waals surface area contributed by atoms with Crippen LogP contribution in [0.1, 0.15) is 32.6 Å². The second-order valence-corrected chi connectivity index (χ2v) is 6.26. The largest absolute Gasteiger partial charge is 0.480 e. The topological polar surface area (TPSA) is 70.1 Å². The van der Waals surface area contributed by atoms with Crippen LogP contribution in [0, 0.1) is 11.8 Å². The number of hydrogen-bond acceptors (Lipinski definition) is 3. The number of carboxylic acids is 1. The van der Waals surface area contributed by atoms with Gasteiger partial charge in [0.15, 0.2) is 0 Å². The Kier molecular flexibility index (Phi) is 5.45. The lowest BCUT2D eigenvalue weighted by Gasteiger charge is -2.34. The normalized spacial score (nSPS) is 19.1. The molecule has 0 aromatic heterocycles. The highest BCUT2D eigenvalue weighted by Crippen LogP contribution is 2.36. The summed E-state index contributed by atoms with van der Waals surface area (Å²) in [6.07, 6.45) is 4.50. The van der Waals surface area contributed by atoms with Crippen molar-refractivity contribution in [1.82, 2.24) is 9.80 Å². The van der Waals surface area contributed by atoms with E-state index in [2.05, 4.69) is 6.92 Å². The summed E-state index contributed by atoms with van der Waals surface area (Å²) in [5.41, 5.74) is 0. The Bertz CT molecular complexity index is 380. The van der Waals surface area contributed by atoms with E-state index in [1.165, 1.54) is 4.90 Å². The number of urea groups is 1. The summed E-state index contributed by atoms with van der Waals surface area (Å²) >= 11 is 0. The predicted molar refractivity (Wildman–Crippen MR) is 78.1 cm³/mol. The zero-order valence-electron chi connectivity index (χ0n) is 13.0. The van der Waals surface area contributed by atoms with Gasteiger partial charge in [0, 0.05) is 26.2 Å². The summed E-state index contributed by atoms with van der Waals surface area (Å²) in [6.45, 7) is 3.41. The Morgan fingerprint density at radius 1 is 1.29 bits per heavy atom. The standard InChI is InChI=1S/C15H26N2O4/c1-11(13-5-6-13)17(7-8-21-2)15(20)16(10-14(18)19)9-12-3-4-12/h11-13H,3-10H2,1-2H3,(H,18,19). The van der Waals surface area contributed by atoms with Crippen LogP contribution in [0.5, 0.6) is 0 Å². The maximum absolute atomic E-state index is 12.8. The monoisotopic (exact) mass is 298 g/mol. The molecule has 0 aromatic carbocycles. The third-order valence-electron chi connectivity index (χ3n) is 4.35. The van der Waals surface area contributed by atoms with Crippen LogP contribution in [0.15, 0.2) is 0 Å². The molecule has 6 heteroatoms. The van der Waals surface area contributed by atoms with Gasteiger partial charge in [0.25, 0.3) is 0 Å². The fourth-order valence-electron chi connectivity index (χ4n) is 2.66. The van der Waals surface area contributed by atoms with Gasteiger partial charge in [0.2, 0.25) is 0 Å². The SMILES string of the molecule is COCCN(C(=O)N(CC(=O)O)CC1CC1)C(C)C1CC1. The molecular weight excluding hydrogens is 272 g/mol. The third-order valence-corrected chi connectivity index (χ3v) is 4.35. The van der Waals surface area contributed by atoms with Crippen molar-refractivity contribution in [2.75, 3.05) is 33.4 Å². The van der Waals surface area contributed by atoms with E-state index in [-0.39, 0.29) is 18.6 Å². The number of ether oxygens (including phenoxy) is 1. The molecule has 0 bridgehead atoms. The summed E-state index contributed by atoms with van der Waals surface area (Å²) in [5.74, 6) is 0.0852. The fourth-order valence-corrected chi connectivity index (χ4v) is 2.66. The molecule has 2 saturated carbocycles. The van der Waals surface area contributed by atoms with Gasteiger partial charge < -0.3 is 19.6 Å². The summed E-state index contributed by atoms with van der Waals surface area (Å²) in [4.78, 5) is 27.1. The third kappa shape index (κ3) is 4.88. The lowest BCUT2D eigenvalue weighted by molar-refractivity contribution is -0.137. The molecule has 0 spiro atoms. The minimum atomic E-state index is -0.949. The molecule has 2 rings (SSSR count). The highest BCUT2D eigenvalue weighted by atomic mass is 16.5. The molecule has 1 unspecified atom stereocenters. The van der Waals surface area contributed by atoms with Crippen molar-refractivity contribution in [2.45, 2.75) is 38.6 Å². The Morgan fingerprint density at radius 3 is 2.43 bits per heavy atom. The molecule has 0 aliphatic heterocycles. The number of carbonyl (C=O) groups is 2. The van der Waals surface area contributed by atoms with Crippen molar-refractivity contribution in [2.24, 2.45) is 11.8 Å². The molecular formula is C15H26N2O4. The molecule has 0 heterocycles. The zero-order chi connectivity index (χ0) is 15.4. The van der Waals surface area contributed by atoms with Gasteiger partial charge in [-0.1, -0.05) is 0 Å². The molecule has 0 saturated heterocycles. The van der Waals surface area contributed by atoms with E-state index >= 15 is 0 Å². The van der Waals surface area contributed by atoms with Crippen molar-refractivity contribution in [3.8, 4) is 0 Å². The van der Waals surface area contributed by atoms with Crippen LogP contribution in [-0.4, -0.2) is 66.3 Å². The maximum Gasteiger partial charge on any atom is 0.323 e. The Labute approximate surface area is 126 Å². The van der Waals surface area contributed by atoms with E-state index in [9.17, 15) is 9.59 Å². The van der Waals surface area contributed by atoms with Crippen molar-refractivity contribution in [3.63, 3.8) is 0 Å². The first-order chi connectivity index (χ1) is 10.0. The summed E-state index contributed by atoms with van der Waals surface area (Å²) in [7, 11) is 1.61. The first-order valence-corrected chi connectivity index (χ1v) is 7.79. The number of carbonyl (C=O) groups excluding carboxylic acids is 1. The number of methoxy groups -OCH3 is 1. The lowest BCUT2D eigenvalue weighted by atomic mass is 10.2. The van der Waals surface area contributed by atoms with Crippen LogP contribution in [0.25, 0.3) is 0 Å². The van der Waals surface area contributed by atoms with Crippen molar-refractivity contribution >= 4 is 12.0 Å². The van der Waals surface area contributed by atoms with Crippen LogP contribution < -0.4 is 0 Å². The number of carboxylic acid groups (broad SMARTS) is 1. The summed E-state index contributed by atoms with van der Waals surface area (Å²) in [6, 6.07) is 0.00361. The van der Waals surface area contributed by atoms with Crippen molar-refractivity contribution in [1.29, 1.82) is 0 Å². The van der Waals surface area contributed by atoms with E-state index in [1.807, 2.05) is 0 Å². The molecule has 1 atom stereocenters. The van der Waals surface area contributed by atoms with Gasteiger partial charge in [0.05, 0.1) is 6.61 Å². The second-order valence-electron chi connectivity index (χ2n) is 6.26. The predicted octanol–water partition coefficient (Wildman–Crippen LogP) is 1.65. The van der Waals surface area contributed by atoms with Crippen LogP contribution in [0.2, 0.25) is 0 Å². The zero-order valence-corrected chi connectivity index (χ0v) is 13.0. The quantitative estimate of drug-likeness (QED) is 0.702. The molecule has 6 nitrogen and oxygen atoms in total. The molecule has 21 heavy (non-hydrogen) atoms. The van der Waals surface area contributed by atoms with Gasteiger partial charge in [-0.15, -0.1) is 0 Å². The number of hydrogen-bond donors (Lipinski definition) is 1. The molecule has 2 fully saturated rings. The Morgan fingerprint density at radius 2 is 1.95 bits per heavy atom. The minimum absolute atomic E-state index is 0.152. The highest BCUT2D eigenvalue weighted by Gasteiger charge is 2.37. The van der Waals surface area contributed by atoms with E-state index in [1.54, 1.807) is 12.0 Å². The second kappa shape index (κ2) is 7.11. The molecule has 2 aliphatic carbocycles. The first-order valence-electron chi connectivity index (χ1n) is 7.79. The van der Waals surface area contributed by atoms with Crippen LogP contribution in [0.4, 0.5) is 4.79 Å². The molecule has 2 aliphatic rings. The fraction of sp³-hybridized carbons (Fsp3) is 0.867. The number of rotatable bonds is 9. The lowest BCUT2D eigenvalue weighted by Crippen LogP contribution is -2.51. The molecule has 2 amide bonds. The molecule has 1 N–H and O–H groups in total. The molecule has 0 aromatic rings. The van der Waals surface area contributed by atoms with Gasteiger partial charge in [-0.2, -0.15) is 0 Å². The van der Waals surface area contributed by atoms with Crippen LogP contribution >= 0.6 is 0 Å². The smallest absolute Gasteiger partial charge is 0.323 e. The van der Waals surface area contributed by atoms with Gasteiger partial charge in [-0.05, 0) is 44.4 Å². The van der Waals surface area contributed by atoms with Crippen molar-refractivity contribution < 1.29 is 19.4 Å². The number of aliphatic carboxylic acids is 1. The summed E-state index contributed by atoms with van der Waals surface area (Å²) in [5, 5.41) is 9.05.